The molecule has 0 saturated heterocycles. The summed E-state index contributed by atoms with van der Waals surface area (Å²) in [5.41, 5.74) is 1.57. The molecule has 2 heterocycles. The molecular weight excluding hydrogens is 439 g/mol. The molecule has 1 aromatic heterocycles. The summed E-state index contributed by atoms with van der Waals surface area (Å²) >= 11 is 18.1. The lowest BCUT2D eigenvalue weighted by Crippen LogP contribution is -2.48. The van der Waals surface area contributed by atoms with Crippen LogP contribution < -0.4 is 16.0 Å². The number of amides is 2. The second-order valence-corrected chi connectivity index (χ2v) is 7.44. The Morgan fingerprint density at radius 2 is 1.76 bits per heavy atom. The molecule has 2 atom stereocenters. The van der Waals surface area contributed by atoms with Crippen molar-refractivity contribution in [3.8, 4) is 0 Å². The molecule has 4 N–H and O–H groups in total. The van der Waals surface area contributed by atoms with Gasteiger partial charge < -0.3 is 15.6 Å². The van der Waals surface area contributed by atoms with Gasteiger partial charge in [-0.05, 0) is 30.3 Å². The number of H-pyrrole nitrogens is 1. The first kappa shape index (κ1) is 19.5. The SMILES string of the molecule is O=C(Nc1c(Cl)cccc1Cl)C1N=CNC1C(=O)Nc1nc2ccc(Cl)cc2[nH]1. The molecule has 0 fully saturated rings. The number of imidazole rings is 1. The Morgan fingerprint density at radius 1 is 1.00 bits per heavy atom. The number of para-hydroxylation sites is 1. The Balaban J connectivity index is 1.48. The van der Waals surface area contributed by atoms with Crippen LogP contribution in [0.3, 0.4) is 0 Å². The maximum Gasteiger partial charge on any atom is 0.252 e. The standard InChI is InChI=1S/C18H13Cl3N6O2/c19-8-4-5-11-12(6-8)25-18(24-11)27-17(29)15-14(22-7-23-15)16(28)26-13-9(20)2-1-3-10(13)21/h1-7,14-15H,(H,22,23)(H,26,28)(H2,24,25,27,29). The molecule has 148 valence electrons. The van der Waals surface area contributed by atoms with Crippen LogP contribution in [0.4, 0.5) is 11.6 Å². The second-order valence-electron chi connectivity index (χ2n) is 6.19. The molecule has 3 aromatic rings. The van der Waals surface area contributed by atoms with Crippen LogP contribution in [0.15, 0.2) is 41.4 Å². The summed E-state index contributed by atoms with van der Waals surface area (Å²) in [5.74, 6) is -0.787. The molecule has 0 radical (unpaired) electrons. The van der Waals surface area contributed by atoms with Crippen LogP contribution in [0.5, 0.6) is 0 Å². The lowest BCUT2D eigenvalue weighted by atomic mass is 10.1. The first-order valence-corrected chi connectivity index (χ1v) is 9.54. The van der Waals surface area contributed by atoms with Crippen molar-refractivity contribution in [3.63, 3.8) is 0 Å². The smallest absolute Gasteiger partial charge is 0.252 e. The van der Waals surface area contributed by atoms with Gasteiger partial charge >= 0.3 is 0 Å². The van der Waals surface area contributed by atoms with E-state index in [1.807, 2.05) is 0 Å². The molecule has 29 heavy (non-hydrogen) atoms. The second kappa shape index (κ2) is 7.90. The molecule has 2 amide bonds. The van der Waals surface area contributed by atoms with Crippen molar-refractivity contribution in [1.82, 2.24) is 15.3 Å². The van der Waals surface area contributed by atoms with Gasteiger partial charge in [-0.15, -0.1) is 0 Å². The van der Waals surface area contributed by atoms with Crippen molar-refractivity contribution in [1.29, 1.82) is 0 Å². The van der Waals surface area contributed by atoms with E-state index in [1.54, 1.807) is 36.4 Å². The predicted molar refractivity (Wildman–Crippen MR) is 114 cm³/mol. The fourth-order valence-corrected chi connectivity index (χ4v) is 3.53. The van der Waals surface area contributed by atoms with Crippen molar-refractivity contribution < 1.29 is 9.59 Å². The number of hydrogen-bond donors (Lipinski definition) is 4. The van der Waals surface area contributed by atoms with Crippen LogP contribution in [0.1, 0.15) is 0 Å². The number of anilines is 2. The molecule has 1 aliphatic heterocycles. The topological polar surface area (TPSA) is 111 Å². The van der Waals surface area contributed by atoms with Gasteiger partial charge in [0.05, 0.1) is 33.1 Å². The lowest BCUT2D eigenvalue weighted by molar-refractivity contribution is -0.123. The largest absolute Gasteiger partial charge is 0.363 e. The number of nitrogens with zero attached hydrogens (tertiary/aromatic N) is 2. The Labute approximate surface area is 179 Å². The highest BCUT2D eigenvalue weighted by Gasteiger charge is 2.37. The van der Waals surface area contributed by atoms with Gasteiger partial charge in [0.2, 0.25) is 5.95 Å². The van der Waals surface area contributed by atoms with Gasteiger partial charge in [-0.2, -0.15) is 0 Å². The van der Waals surface area contributed by atoms with Crippen LogP contribution in [0, 0.1) is 0 Å². The number of rotatable bonds is 4. The van der Waals surface area contributed by atoms with Crippen LogP contribution in [-0.4, -0.2) is 40.2 Å². The van der Waals surface area contributed by atoms with E-state index in [1.165, 1.54) is 6.34 Å². The van der Waals surface area contributed by atoms with Crippen LogP contribution >= 0.6 is 34.8 Å². The minimum atomic E-state index is -1.01. The maximum atomic E-state index is 12.7. The Hall–Kier alpha value is -2.81. The zero-order valence-electron chi connectivity index (χ0n) is 14.5. The summed E-state index contributed by atoms with van der Waals surface area (Å²) in [6.07, 6.45) is 1.31. The van der Waals surface area contributed by atoms with Crippen molar-refractivity contribution in [2.75, 3.05) is 10.6 Å². The summed E-state index contributed by atoms with van der Waals surface area (Å²) in [5, 5.41) is 9.14. The number of hydrogen-bond acceptors (Lipinski definition) is 5. The lowest BCUT2D eigenvalue weighted by Gasteiger charge is -2.18. The van der Waals surface area contributed by atoms with E-state index in [9.17, 15) is 9.59 Å². The van der Waals surface area contributed by atoms with Crippen LogP contribution in [-0.2, 0) is 9.59 Å². The number of carbonyl (C=O) groups excluding carboxylic acids is 2. The van der Waals surface area contributed by atoms with Crippen molar-refractivity contribution >= 4 is 75.6 Å². The zero-order valence-corrected chi connectivity index (χ0v) is 16.8. The van der Waals surface area contributed by atoms with Crippen molar-refractivity contribution in [2.45, 2.75) is 12.1 Å². The number of fused-ring (bicyclic) bond motifs is 1. The minimum absolute atomic E-state index is 0.231. The van der Waals surface area contributed by atoms with E-state index in [0.717, 1.165) is 0 Å². The van der Waals surface area contributed by atoms with Crippen LogP contribution in [0.25, 0.3) is 11.0 Å². The third kappa shape index (κ3) is 4.00. The zero-order chi connectivity index (χ0) is 20.5. The Bertz CT molecular complexity index is 1130. The molecule has 0 saturated carbocycles. The quantitative estimate of drug-likeness (QED) is 0.487. The summed E-state index contributed by atoms with van der Waals surface area (Å²) in [4.78, 5) is 36.6. The van der Waals surface area contributed by atoms with E-state index in [4.69, 9.17) is 34.8 Å². The Kier molecular flexibility index (Phi) is 5.31. The van der Waals surface area contributed by atoms with E-state index in [0.29, 0.717) is 16.1 Å². The Morgan fingerprint density at radius 3 is 2.52 bits per heavy atom. The molecule has 1 aliphatic rings. The van der Waals surface area contributed by atoms with E-state index in [2.05, 4.69) is 30.9 Å². The number of aromatic amines is 1. The highest BCUT2D eigenvalue weighted by atomic mass is 35.5. The number of aromatic nitrogens is 2. The fourth-order valence-electron chi connectivity index (χ4n) is 2.87. The van der Waals surface area contributed by atoms with Gasteiger partial charge in [0.1, 0.15) is 6.04 Å². The van der Waals surface area contributed by atoms with Crippen molar-refractivity contribution in [3.05, 3.63) is 51.5 Å². The van der Waals surface area contributed by atoms with Crippen molar-refractivity contribution in [2.24, 2.45) is 4.99 Å². The third-order valence-corrected chi connectivity index (χ3v) is 5.12. The van der Waals surface area contributed by atoms with Gasteiger partial charge in [-0.25, -0.2) is 4.98 Å². The number of benzene rings is 2. The highest BCUT2D eigenvalue weighted by molar-refractivity contribution is 6.39. The molecule has 0 bridgehead atoms. The number of carbonyl (C=O) groups is 2. The summed E-state index contributed by atoms with van der Waals surface area (Å²) in [7, 11) is 0. The molecule has 11 heteroatoms. The van der Waals surface area contributed by atoms with Gasteiger partial charge in [0.15, 0.2) is 6.04 Å². The van der Waals surface area contributed by atoms with E-state index >= 15 is 0 Å². The summed E-state index contributed by atoms with van der Waals surface area (Å²) in [6.45, 7) is 0. The first-order valence-electron chi connectivity index (χ1n) is 8.41. The third-order valence-electron chi connectivity index (χ3n) is 4.25. The van der Waals surface area contributed by atoms with Gasteiger partial charge in [-0.1, -0.05) is 40.9 Å². The van der Waals surface area contributed by atoms with Crippen LogP contribution in [0.2, 0.25) is 15.1 Å². The molecular formula is C18H13Cl3N6O2. The first-order chi connectivity index (χ1) is 13.9. The monoisotopic (exact) mass is 450 g/mol. The minimum Gasteiger partial charge on any atom is -0.363 e. The molecule has 8 nitrogen and oxygen atoms in total. The van der Waals surface area contributed by atoms with Gasteiger partial charge in [-0.3, -0.25) is 19.9 Å². The maximum absolute atomic E-state index is 12.7. The molecule has 2 unspecified atom stereocenters. The predicted octanol–water partition coefficient (Wildman–Crippen LogP) is 3.47. The summed E-state index contributed by atoms with van der Waals surface area (Å²) in [6, 6.07) is 8.02. The molecule has 2 aromatic carbocycles. The highest BCUT2D eigenvalue weighted by Crippen LogP contribution is 2.30. The molecule has 0 aliphatic carbocycles. The average Bonchev–Trinajstić information content (AvgIpc) is 3.31. The number of nitrogens with one attached hydrogen (secondary N) is 4. The average molecular weight is 452 g/mol. The van der Waals surface area contributed by atoms with E-state index in [-0.39, 0.29) is 21.7 Å². The van der Waals surface area contributed by atoms with E-state index < -0.39 is 23.9 Å². The number of aliphatic imine (C=N–C) groups is 1. The number of halogens is 3. The normalized spacial score (nSPS) is 17.9. The molecule has 0 spiro atoms. The fraction of sp³-hybridized carbons (Fsp3) is 0.111. The summed E-state index contributed by atoms with van der Waals surface area (Å²) < 4.78 is 0. The van der Waals surface area contributed by atoms with Gasteiger partial charge in [0.25, 0.3) is 11.8 Å². The molecule has 4 rings (SSSR count). The van der Waals surface area contributed by atoms with Gasteiger partial charge in [0, 0.05) is 5.02 Å².